The number of methoxy groups -OCH3 is 1. The van der Waals surface area contributed by atoms with E-state index in [0.29, 0.717) is 13.0 Å². The van der Waals surface area contributed by atoms with Crippen LogP contribution in [0.4, 0.5) is 0 Å². The van der Waals surface area contributed by atoms with E-state index in [-0.39, 0.29) is 19.5 Å². The molecule has 0 unspecified atom stereocenters. The molecule has 262 valence electrons. The van der Waals surface area contributed by atoms with Crippen LogP contribution in [0.15, 0.2) is 91.0 Å². The zero-order chi connectivity index (χ0) is 34.2. The summed E-state index contributed by atoms with van der Waals surface area (Å²) in [5.41, 5.74) is 2.25. The van der Waals surface area contributed by atoms with Crippen LogP contribution in [0.5, 0.6) is 0 Å². The van der Waals surface area contributed by atoms with Gasteiger partial charge in [0.15, 0.2) is 14.1 Å². The summed E-state index contributed by atoms with van der Waals surface area (Å²) in [5, 5.41) is 10.4. The minimum absolute atomic E-state index is 0.0931. The summed E-state index contributed by atoms with van der Waals surface area (Å²) >= 11 is 0. The number of ether oxygens (including phenoxy) is 6. The van der Waals surface area contributed by atoms with Gasteiger partial charge < -0.3 is 38.0 Å². The summed E-state index contributed by atoms with van der Waals surface area (Å²) in [4.78, 5) is 0. The van der Waals surface area contributed by atoms with E-state index in [1.165, 1.54) is 0 Å². The molecule has 0 radical (unpaired) electrons. The van der Waals surface area contributed by atoms with E-state index in [0.717, 1.165) is 34.8 Å². The molecule has 2 heterocycles. The van der Waals surface area contributed by atoms with Gasteiger partial charge in [-0.3, -0.25) is 0 Å². The first-order valence-corrected chi connectivity index (χ1v) is 20.0. The van der Waals surface area contributed by atoms with Gasteiger partial charge in [0.05, 0.1) is 19.3 Å². The molecule has 48 heavy (non-hydrogen) atoms. The Morgan fingerprint density at radius 3 is 1.71 bits per heavy atom. The van der Waals surface area contributed by atoms with Crippen LogP contribution in [0.1, 0.15) is 57.7 Å². The summed E-state index contributed by atoms with van der Waals surface area (Å²) in [6.07, 6.45) is -2.36. The first-order chi connectivity index (χ1) is 23.3. The summed E-state index contributed by atoms with van der Waals surface area (Å²) in [5.74, 6) is -0.870. The van der Waals surface area contributed by atoms with Gasteiger partial charge in [-0.2, -0.15) is 0 Å². The summed E-state index contributed by atoms with van der Waals surface area (Å²) in [6, 6.07) is 34.0. The predicted molar refractivity (Wildman–Crippen MR) is 188 cm³/mol. The van der Waals surface area contributed by atoms with Gasteiger partial charge in [0, 0.05) is 7.11 Å². The average Bonchev–Trinajstić information content (AvgIpc) is 3.63. The predicted octanol–water partition coefficient (Wildman–Crippen LogP) is 7.04. The van der Waals surface area contributed by atoms with Gasteiger partial charge in [0.25, 0.3) is 0 Å². The van der Waals surface area contributed by atoms with E-state index < -0.39 is 50.2 Å². The first kappa shape index (κ1) is 36.8. The highest BCUT2D eigenvalue weighted by atomic mass is 28.4. The standard InChI is InChI=1S/C39H54O8Si/c1-7-48(8-2,9-3)47-37-34(42-28-41-6)32(44-36(37)35-33(27-40)45-38(4,5)46-35)25-26-43-39(29-19-13-10-14-20-29,30-21-15-11-16-22-30)31-23-17-12-18-24-31/h10-24,32-37,40H,7-9,25-28H2,1-6H3/t32-,33+,34+,35+,36+,37+/m1/s1. The van der Waals surface area contributed by atoms with Crippen LogP contribution < -0.4 is 0 Å². The Morgan fingerprint density at radius 2 is 1.25 bits per heavy atom. The van der Waals surface area contributed by atoms with Gasteiger partial charge >= 0.3 is 0 Å². The Kier molecular flexibility index (Phi) is 12.7. The molecule has 5 rings (SSSR count). The lowest BCUT2D eigenvalue weighted by Gasteiger charge is -2.37. The normalized spacial score (nSPS) is 25.8. The maximum atomic E-state index is 10.4. The van der Waals surface area contributed by atoms with Crippen molar-refractivity contribution in [3.8, 4) is 0 Å². The van der Waals surface area contributed by atoms with Crippen LogP contribution in [-0.4, -0.2) is 83.0 Å². The molecule has 0 aliphatic carbocycles. The van der Waals surface area contributed by atoms with Crippen molar-refractivity contribution >= 4 is 8.32 Å². The maximum absolute atomic E-state index is 10.4. The summed E-state index contributed by atoms with van der Waals surface area (Å²) in [6.45, 7) is 10.6. The van der Waals surface area contributed by atoms with Gasteiger partial charge in [0.2, 0.25) is 0 Å². The Morgan fingerprint density at radius 1 is 0.729 bits per heavy atom. The highest BCUT2D eigenvalue weighted by Crippen LogP contribution is 2.43. The lowest BCUT2D eigenvalue weighted by atomic mass is 9.80. The molecule has 2 aliphatic heterocycles. The van der Waals surface area contributed by atoms with E-state index in [9.17, 15) is 5.11 Å². The molecule has 2 saturated heterocycles. The van der Waals surface area contributed by atoms with Gasteiger partial charge in [-0.15, -0.1) is 0 Å². The second-order valence-corrected chi connectivity index (χ2v) is 18.0. The van der Waals surface area contributed by atoms with Crippen LogP contribution in [-0.2, 0) is 38.4 Å². The van der Waals surface area contributed by atoms with Gasteiger partial charge in [0.1, 0.15) is 42.9 Å². The number of rotatable bonds is 17. The highest BCUT2D eigenvalue weighted by molar-refractivity contribution is 6.73. The number of benzene rings is 3. The van der Waals surface area contributed by atoms with Crippen LogP contribution in [0.3, 0.4) is 0 Å². The molecule has 2 fully saturated rings. The average molecular weight is 679 g/mol. The smallest absolute Gasteiger partial charge is 0.192 e. The van der Waals surface area contributed by atoms with Gasteiger partial charge in [-0.05, 0) is 55.1 Å². The molecule has 8 nitrogen and oxygen atoms in total. The zero-order valence-corrected chi connectivity index (χ0v) is 30.4. The fraction of sp³-hybridized carbons (Fsp3) is 0.538. The quantitative estimate of drug-likeness (QED) is 0.0925. The largest absolute Gasteiger partial charge is 0.408 e. The molecule has 0 spiro atoms. The van der Waals surface area contributed by atoms with Gasteiger partial charge in [-0.25, -0.2) is 0 Å². The Balaban J connectivity index is 1.50. The third-order valence-corrected chi connectivity index (χ3v) is 14.7. The number of aliphatic hydroxyl groups excluding tert-OH is 1. The van der Waals surface area contributed by atoms with E-state index in [2.05, 4.69) is 93.6 Å². The molecule has 6 atom stereocenters. The summed E-state index contributed by atoms with van der Waals surface area (Å²) in [7, 11) is -0.516. The van der Waals surface area contributed by atoms with Crippen molar-refractivity contribution in [3.63, 3.8) is 0 Å². The third kappa shape index (κ3) is 7.80. The molecule has 0 amide bonds. The zero-order valence-electron chi connectivity index (χ0n) is 29.4. The molecular weight excluding hydrogens is 625 g/mol. The van der Waals surface area contributed by atoms with E-state index in [1.807, 2.05) is 32.0 Å². The van der Waals surface area contributed by atoms with Crippen molar-refractivity contribution in [3.05, 3.63) is 108 Å². The number of aliphatic hydroxyl groups is 1. The molecule has 3 aromatic rings. The van der Waals surface area contributed by atoms with Crippen molar-refractivity contribution in [1.82, 2.24) is 0 Å². The fourth-order valence-electron chi connectivity index (χ4n) is 7.40. The highest BCUT2D eigenvalue weighted by Gasteiger charge is 2.57. The number of hydrogen-bond donors (Lipinski definition) is 1. The molecule has 0 saturated carbocycles. The van der Waals surface area contributed by atoms with Crippen LogP contribution >= 0.6 is 0 Å². The lowest BCUT2D eigenvalue weighted by Crippen LogP contribution is -2.52. The van der Waals surface area contributed by atoms with Crippen molar-refractivity contribution in [2.45, 2.75) is 107 Å². The monoisotopic (exact) mass is 678 g/mol. The van der Waals surface area contributed by atoms with Crippen molar-refractivity contribution in [1.29, 1.82) is 0 Å². The Bertz CT molecular complexity index is 1270. The van der Waals surface area contributed by atoms with Crippen LogP contribution in [0.2, 0.25) is 18.1 Å². The molecule has 0 aromatic heterocycles. The second-order valence-electron chi connectivity index (χ2n) is 13.2. The van der Waals surface area contributed by atoms with E-state index in [4.69, 9.17) is 32.8 Å². The molecule has 3 aromatic carbocycles. The van der Waals surface area contributed by atoms with E-state index in [1.54, 1.807) is 7.11 Å². The fourth-order valence-corrected chi connectivity index (χ4v) is 10.2. The SMILES string of the molecule is CC[Si](CC)(CC)O[C@@H]1[C@H]([C@H]2OC(C)(C)O[C@H]2CO)O[C@H](CCOC(c2ccccc2)(c2ccccc2)c2ccccc2)[C@@H]1OCOC. The van der Waals surface area contributed by atoms with Crippen molar-refractivity contribution < 1.29 is 38.0 Å². The molecule has 1 N–H and O–H groups in total. The van der Waals surface area contributed by atoms with Crippen molar-refractivity contribution in [2.24, 2.45) is 0 Å². The van der Waals surface area contributed by atoms with Gasteiger partial charge in [-0.1, -0.05) is 112 Å². The minimum atomic E-state index is -2.14. The Labute approximate surface area is 287 Å². The Hall–Kier alpha value is -2.44. The molecule has 0 bridgehead atoms. The van der Waals surface area contributed by atoms with Crippen LogP contribution in [0.25, 0.3) is 0 Å². The molecule has 2 aliphatic rings. The van der Waals surface area contributed by atoms with Crippen molar-refractivity contribution in [2.75, 3.05) is 27.1 Å². The lowest BCUT2D eigenvalue weighted by molar-refractivity contribution is -0.164. The topological polar surface area (TPSA) is 84.8 Å². The number of hydrogen-bond acceptors (Lipinski definition) is 8. The first-order valence-electron chi connectivity index (χ1n) is 17.5. The summed E-state index contributed by atoms with van der Waals surface area (Å²) < 4.78 is 45.7. The minimum Gasteiger partial charge on any atom is -0.408 e. The van der Waals surface area contributed by atoms with Crippen LogP contribution in [0, 0.1) is 0 Å². The maximum Gasteiger partial charge on any atom is 0.192 e. The molecular formula is C39H54O8Si. The second kappa shape index (κ2) is 16.5. The third-order valence-electron chi connectivity index (χ3n) is 10.0. The molecule has 9 heteroatoms. The van der Waals surface area contributed by atoms with E-state index >= 15 is 0 Å².